The molecule has 7 heteroatoms. The Morgan fingerprint density at radius 1 is 1.09 bits per heavy atom. The summed E-state index contributed by atoms with van der Waals surface area (Å²) in [6.45, 7) is 5.85. The van der Waals surface area contributed by atoms with Gasteiger partial charge in [0.2, 0.25) is 0 Å². The number of aromatic nitrogens is 4. The van der Waals surface area contributed by atoms with E-state index >= 15 is 0 Å². The minimum Gasteiger partial charge on any atom is -0.348 e. The highest BCUT2D eigenvalue weighted by Crippen LogP contribution is 2.34. The number of H-pyrrole nitrogens is 1. The van der Waals surface area contributed by atoms with E-state index in [-0.39, 0.29) is 18.0 Å². The van der Waals surface area contributed by atoms with Crippen LogP contribution in [0.25, 0.3) is 22.0 Å². The van der Waals surface area contributed by atoms with Crippen LogP contribution in [0.3, 0.4) is 0 Å². The number of fused-ring (bicyclic) bond motifs is 1. The molecule has 0 bridgehead atoms. The number of pyridine rings is 2. The van der Waals surface area contributed by atoms with Crippen molar-refractivity contribution in [3.63, 3.8) is 0 Å². The van der Waals surface area contributed by atoms with Crippen molar-refractivity contribution in [2.75, 3.05) is 0 Å². The number of aromatic amines is 1. The molecule has 0 spiro atoms. The molecule has 0 saturated heterocycles. The molecule has 1 amide bonds. The number of amides is 1. The maximum Gasteiger partial charge on any atom is 0.253 e. The van der Waals surface area contributed by atoms with Gasteiger partial charge in [0.1, 0.15) is 0 Å². The van der Waals surface area contributed by atoms with Crippen molar-refractivity contribution >= 4 is 16.8 Å². The van der Waals surface area contributed by atoms with Gasteiger partial charge >= 0.3 is 0 Å². The van der Waals surface area contributed by atoms with Crippen molar-refractivity contribution in [3.8, 4) is 11.1 Å². The SMILES string of the molecule is Cc1ccc(-c2cc(C(=O)NCc3c(C)cc(C)[nH]c3=O)c3cnn(C4CCCC4)c3c2)cn1. The van der Waals surface area contributed by atoms with E-state index in [1.54, 1.807) is 6.20 Å². The number of benzene rings is 1. The summed E-state index contributed by atoms with van der Waals surface area (Å²) in [5, 5.41) is 8.48. The van der Waals surface area contributed by atoms with Crippen LogP contribution in [0, 0.1) is 20.8 Å². The van der Waals surface area contributed by atoms with E-state index in [0.29, 0.717) is 17.2 Å². The number of rotatable bonds is 5. The van der Waals surface area contributed by atoms with Crippen molar-refractivity contribution in [1.82, 2.24) is 25.1 Å². The van der Waals surface area contributed by atoms with Crippen LogP contribution in [0.5, 0.6) is 0 Å². The van der Waals surface area contributed by atoms with E-state index in [1.165, 1.54) is 12.8 Å². The van der Waals surface area contributed by atoms with Gasteiger partial charge in [-0.05, 0) is 69.0 Å². The molecule has 0 atom stereocenters. The van der Waals surface area contributed by atoms with Crippen molar-refractivity contribution < 1.29 is 4.79 Å². The molecular weight excluding hydrogens is 426 g/mol. The van der Waals surface area contributed by atoms with Gasteiger partial charge in [0.05, 0.1) is 23.3 Å². The summed E-state index contributed by atoms with van der Waals surface area (Å²) in [5.41, 5.74) is 6.39. The third-order valence-corrected chi connectivity index (χ3v) is 6.80. The van der Waals surface area contributed by atoms with Crippen LogP contribution >= 0.6 is 0 Å². The molecule has 0 aliphatic heterocycles. The summed E-state index contributed by atoms with van der Waals surface area (Å²) in [6.07, 6.45) is 8.23. The Labute approximate surface area is 198 Å². The Hall–Kier alpha value is -3.74. The molecule has 1 saturated carbocycles. The van der Waals surface area contributed by atoms with E-state index in [2.05, 4.69) is 26.0 Å². The van der Waals surface area contributed by atoms with Gasteiger partial charge in [-0.3, -0.25) is 19.3 Å². The number of carbonyl (C=O) groups excluding carboxylic acids is 1. The third-order valence-electron chi connectivity index (χ3n) is 6.80. The van der Waals surface area contributed by atoms with Crippen LogP contribution in [0.4, 0.5) is 0 Å². The van der Waals surface area contributed by atoms with E-state index in [9.17, 15) is 9.59 Å². The molecule has 1 aromatic carbocycles. The fraction of sp³-hybridized carbons (Fsp3) is 0.333. The Morgan fingerprint density at radius 3 is 2.59 bits per heavy atom. The maximum atomic E-state index is 13.4. The first kappa shape index (κ1) is 22.1. The van der Waals surface area contributed by atoms with E-state index in [0.717, 1.165) is 51.8 Å². The minimum atomic E-state index is -0.225. The minimum absolute atomic E-state index is 0.162. The molecule has 2 N–H and O–H groups in total. The molecule has 7 nitrogen and oxygen atoms in total. The summed E-state index contributed by atoms with van der Waals surface area (Å²) in [7, 11) is 0. The first-order valence-electron chi connectivity index (χ1n) is 11.8. The highest BCUT2D eigenvalue weighted by atomic mass is 16.1. The zero-order chi connectivity index (χ0) is 23.8. The highest BCUT2D eigenvalue weighted by Gasteiger charge is 2.23. The Bertz CT molecular complexity index is 1430. The van der Waals surface area contributed by atoms with Gasteiger partial charge in [-0.1, -0.05) is 18.9 Å². The number of nitrogens with zero attached hydrogens (tertiary/aromatic N) is 3. The van der Waals surface area contributed by atoms with Gasteiger partial charge in [-0.25, -0.2) is 0 Å². The lowest BCUT2D eigenvalue weighted by Crippen LogP contribution is -2.28. The fourth-order valence-electron chi connectivity index (χ4n) is 4.94. The predicted molar refractivity (Wildman–Crippen MR) is 133 cm³/mol. The quantitative estimate of drug-likeness (QED) is 0.454. The van der Waals surface area contributed by atoms with Crippen molar-refractivity contribution in [2.45, 2.75) is 59.0 Å². The van der Waals surface area contributed by atoms with E-state index < -0.39 is 0 Å². The van der Waals surface area contributed by atoms with Crippen LogP contribution in [-0.4, -0.2) is 25.7 Å². The number of hydrogen-bond donors (Lipinski definition) is 2. The van der Waals surface area contributed by atoms with Gasteiger partial charge in [0.25, 0.3) is 11.5 Å². The molecular formula is C27H29N5O2. The molecule has 0 unspecified atom stereocenters. The van der Waals surface area contributed by atoms with E-state index in [4.69, 9.17) is 5.10 Å². The fourth-order valence-corrected chi connectivity index (χ4v) is 4.94. The van der Waals surface area contributed by atoms with Gasteiger partial charge in [0.15, 0.2) is 0 Å². The number of nitrogens with one attached hydrogen (secondary N) is 2. The first-order valence-corrected chi connectivity index (χ1v) is 11.8. The normalized spacial score (nSPS) is 14.1. The first-order chi connectivity index (χ1) is 16.4. The molecule has 3 aromatic heterocycles. The number of aryl methyl sites for hydroxylation is 3. The average molecular weight is 456 g/mol. The van der Waals surface area contributed by atoms with Crippen LogP contribution < -0.4 is 10.9 Å². The van der Waals surface area contributed by atoms with Crippen molar-refractivity contribution in [2.24, 2.45) is 0 Å². The second-order valence-electron chi connectivity index (χ2n) is 9.30. The average Bonchev–Trinajstić information content (AvgIpc) is 3.47. The molecule has 34 heavy (non-hydrogen) atoms. The van der Waals surface area contributed by atoms with Crippen molar-refractivity contribution in [3.05, 3.63) is 81.2 Å². The summed E-state index contributed by atoms with van der Waals surface area (Å²) >= 11 is 0. The topological polar surface area (TPSA) is 92.7 Å². The Kier molecular flexibility index (Phi) is 5.77. The zero-order valence-electron chi connectivity index (χ0n) is 19.8. The van der Waals surface area contributed by atoms with Gasteiger partial charge in [-0.2, -0.15) is 5.10 Å². The van der Waals surface area contributed by atoms with Crippen LogP contribution in [0.2, 0.25) is 0 Å². The van der Waals surface area contributed by atoms with Crippen molar-refractivity contribution in [1.29, 1.82) is 0 Å². The molecule has 174 valence electrons. The van der Waals surface area contributed by atoms with E-state index in [1.807, 2.05) is 51.2 Å². The smallest absolute Gasteiger partial charge is 0.253 e. The summed E-state index contributed by atoms with van der Waals surface area (Å²) in [4.78, 5) is 33.1. The second kappa shape index (κ2) is 8.89. The van der Waals surface area contributed by atoms with Crippen LogP contribution in [0.1, 0.15) is 64.6 Å². The third kappa shape index (κ3) is 4.14. The van der Waals surface area contributed by atoms with Crippen LogP contribution in [0.15, 0.2) is 47.5 Å². The lowest BCUT2D eigenvalue weighted by molar-refractivity contribution is 0.0952. The summed E-state index contributed by atoms with van der Waals surface area (Å²) < 4.78 is 2.08. The van der Waals surface area contributed by atoms with Crippen LogP contribution in [-0.2, 0) is 6.54 Å². The largest absolute Gasteiger partial charge is 0.348 e. The molecule has 3 heterocycles. The lowest BCUT2D eigenvalue weighted by Gasteiger charge is -2.14. The lowest BCUT2D eigenvalue weighted by atomic mass is 10.00. The zero-order valence-corrected chi connectivity index (χ0v) is 19.8. The summed E-state index contributed by atoms with van der Waals surface area (Å²) in [6, 6.07) is 10.3. The predicted octanol–water partition coefficient (Wildman–Crippen LogP) is 4.76. The molecule has 4 aromatic rings. The molecule has 1 fully saturated rings. The standard InChI is InChI=1S/C27H29N5O2/c1-16-10-18(3)31-27(34)23(16)14-29-26(33)22-11-20(19-9-8-17(2)28-13-19)12-25-24(22)15-30-32(25)21-6-4-5-7-21/h8-13,15,21H,4-7,14H2,1-3H3,(H,29,33)(H,31,34). The summed E-state index contributed by atoms with van der Waals surface area (Å²) in [5.74, 6) is -0.225. The van der Waals surface area contributed by atoms with Gasteiger partial charge < -0.3 is 10.3 Å². The Morgan fingerprint density at radius 2 is 1.88 bits per heavy atom. The van der Waals surface area contributed by atoms with Gasteiger partial charge in [0, 0.05) is 40.6 Å². The number of carbonyl (C=O) groups is 1. The molecule has 1 aliphatic carbocycles. The second-order valence-corrected chi connectivity index (χ2v) is 9.30. The molecule has 0 radical (unpaired) electrons. The van der Waals surface area contributed by atoms with Gasteiger partial charge in [-0.15, -0.1) is 0 Å². The monoisotopic (exact) mass is 455 g/mol. The maximum absolute atomic E-state index is 13.4. The molecule has 5 rings (SSSR count). The Balaban J connectivity index is 1.55. The highest BCUT2D eigenvalue weighted by molar-refractivity contribution is 6.08. The molecule has 1 aliphatic rings. The number of hydrogen-bond acceptors (Lipinski definition) is 4.